The Labute approximate surface area is 236 Å². The lowest BCUT2D eigenvalue weighted by Gasteiger charge is -2.32. The van der Waals surface area contributed by atoms with E-state index in [1.54, 1.807) is 0 Å². The third-order valence-electron chi connectivity index (χ3n) is 9.74. The maximum absolute atomic E-state index is 6.42. The summed E-state index contributed by atoms with van der Waals surface area (Å²) in [5.41, 5.74) is 13.1. The van der Waals surface area contributed by atoms with E-state index in [4.69, 9.17) is 9.31 Å². The van der Waals surface area contributed by atoms with Crippen molar-refractivity contribution >= 4 is 12.6 Å². The van der Waals surface area contributed by atoms with Crippen LogP contribution in [0.25, 0.3) is 33.4 Å². The molecular formula is C37H31BO2. The van der Waals surface area contributed by atoms with Crippen molar-refractivity contribution in [3.63, 3.8) is 0 Å². The van der Waals surface area contributed by atoms with Crippen molar-refractivity contribution in [2.75, 3.05) is 0 Å². The van der Waals surface area contributed by atoms with Crippen molar-refractivity contribution in [3.05, 3.63) is 138 Å². The molecule has 1 heterocycles. The number of rotatable bonds is 2. The van der Waals surface area contributed by atoms with Crippen LogP contribution in [0.3, 0.4) is 0 Å². The van der Waals surface area contributed by atoms with Crippen molar-refractivity contribution in [2.45, 2.75) is 44.3 Å². The van der Waals surface area contributed by atoms with Crippen molar-refractivity contribution in [2.24, 2.45) is 0 Å². The van der Waals surface area contributed by atoms with Crippen LogP contribution in [0.2, 0.25) is 0 Å². The lowest BCUT2D eigenvalue weighted by molar-refractivity contribution is 0.00578. The minimum Gasteiger partial charge on any atom is -0.399 e. The van der Waals surface area contributed by atoms with Gasteiger partial charge in [-0.15, -0.1) is 0 Å². The van der Waals surface area contributed by atoms with Crippen LogP contribution in [-0.4, -0.2) is 18.3 Å². The Hall–Kier alpha value is -3.92. The van der Waals surface area contributed by atoms with Crippen LogP contribution < -0.4 is 5.46 Å². The molecule has 2 aliphatic carbocycles. The van der Waals surface area contributed by atoms with Gasteiger partial charge in [0.05, 0.1) is 16.6 Å². The molecule has 0 aromatic heterocycles. The molecule has 1 aliphatic heterocycles. The van der Waals surface area contributed by atoms with E-state index >= 15 is 0 Å². The zero-order valence-corrected chi connectivity index (χ0v) is 23.4. The predicted molar refractivity (Wildman–Crippen MR) is 164 cm³/mol. The molecule has 0 atom stereocenters. The molecule has 1 spiro atoms. The number of hydrogen-bond donors (Lipinski definition) is 0. The van der Waals surface area contributed by atoms with E-state index in [1.165, 1.54) is 55.6 Å². The Morgan fingerprint density at radius 3 is 1.57 bits per heavy atom. The Kier molecular flexibility index (Phi) is 4.83. The van der Waals surface area contributed by atoms with Gasteiger partial charge < -0.3 is 9.31 Å². The third kappa shape index (κ3) is 2.97. The molecule has 0 bridgehead atoms. The molecule has 8 rings (SSSR count). The number of benzene rings is 5. The van der Waals surface area contributed by atoms with E-state index in [0.29, 0.717) is 0 Å². The summed E-state index contributed by atoms with van der Waals surface area (Å²) in [7, 11) is -0.395. The van der Waals surface area contributed by atoms with Gasteiger partial charge in [0.2, 0.25) is 0 Å². The molecule has 3 aliphatic rings. The van der Waals surface area contributed by atoms with E-state index in [9.17, 15) is 0 Å². The standard InChI is InChI=1S/C37H31BO2/c1-35(2)36(3,4)40-38(39-35)25-14-11-13-24(23-25)26-18-12-22-33-34(26)29-17-7-10-21-32(29)37(33)30-19-8-5-15-27(30)28-16-6-9-20-31(28)37/h5-23H,1-4H3. The highest BCUT2D eigenvalue weighted by Crippen LogP contribution is 2.63. The van der Waals surface area contributed by atoms with Crippen LogP contribution in [0.5, 0.6) is 0 Å². The van der Waals surface area contributed by atoms with Crippen LogP contribution >= 0.6 is 0 Å². The van der Waals surface area contributed by atoms with Gasteiger partial charge in [0.15, 0.2) is 0 Å². The van der Waals surface area contributed by atoms with E-state index in [1.807, 2.05) is 0 Å². The van der Waals surface area contributed by atoms with Gasteiger partial charge in [-0.1, -0.05) is 115 Å². The summed E-state index contributed by atoms with van der Waals surface area (Å²) in [6, 6.07) is 42.5. The molecule has 5 aromatic carbocycles. The summed E-state index contributed by atoms with van der Waals surface area (Å²) >= 11 is 0. The second-order valence-electron chi connectivity index (χ2n) is 12.3. The minimum absolute atomic E-state index is 0.335. The first-order chi connectivity index (χ1) is 19.3. The largest absolute Gasteiger partial charge is 0.494 e. The normalized spacial score (nSPS) is 18.4. The Morgan fingerprint density at radius 2 is 0.950 bits per heavy atom. The summed E-state index contributed by atoms with van der Waals surface area (Å²) in [4.78, 5) is 0. The number of hydrogen-bond acceptors (Lipinski definition) is 2. The highest BCUT2D eigenvalue weighted by Gasteiger charge is 2.53. The third-order valence-corrected chi connectivity index (χ3v) is 9.74. The first kappa shape index (κ1) is 23.9. The summed E-state index contributed by atoms with van der Waals surface area (Å²) in [6.45, 7) is 8.42. The smallest absolute Gasteiger partial charge is 0.399 e. The second-order valence-corrected chi connectivity index (χ2v) is 12.3. The van der Waals surface area contributed by atoms with Gasteiger partial charge in [-0.3, -0.25) is 0 Å². The molecule has 0 saturated carbocycles. The van der Waals surface area contributed by atoms with E-state index < -0.39 is 7.12 Å². The van der Waals surface area contributed by atoms with Crippen LogP contribution in [0.1, 0.15) is 49.9 Å². The van der Waals surface area contributed by atoms with Gasteiger partial charge in [0.25, 0.3) is 0 Å². The van der Waals surface area contributed by atoms with Gasteiger partial charge in [-0.25, -0.2) is 0 Å². The molecule has 5 aromatic rings. The van der Waals surface area contributed by atoms with Crippen molar-refractivity contribution < 1.29 is 9.31 Å². The molecule has 0 unspecified atom stereocenters. The average molecular weight is 518 g/mol. The first-order valence-corrected chi connectivity index (χ1v) is 14.2. The molecule has 1 fully saturated rings. The summed E-state index contributed by atoms with van der Waals surface area (Å²) in [5.74, 6) is 0. The van der Waals surface area contributed by atoms with E-state index in [-0.39, 0.29) is 16.6 Å². The molecule has 40 heavy (non-hydrogen) atoms. The highest BCUT2D eigenvalue weighted by molar-refractivity contribution is 6.62. The maximum Gasteiger partial charge on any atom is 0.494 e. The summed E-state index contributed by atoms with van der Waals surface area (Å²) in [6.07, 6.45) is 0. The fraction of sp³-hybridized carbons (Fsp3) is 0.189. The predicted octanol–water partition coefficient (Wildman–Crippen LogP) is 8.00. The zero-order valence-electron chi connectivity index (χ0n) is 23.4. The molecule has 194 valence electrons. The van der Waals surface area contributed by atoms with Crippen LogP contribution in [-0.2, 0) is 14.7 Å². The fourth-order valence-electron chi connectivity index (χ4n) is 7.22. The van der Waals surface area contributed by atoms with Crippen molar-refractivity contribution in [3.8, 4) is 33.4 Å². The van der Waals surface area contributed by atoms with Crippen LogP contribution in [0.15, 0.2) is 115 Å². The highest BCUT2D eigenvalue weighted by atomic mass is 16.7. The van der Waals surface area contributed by atoms with Crippen molar-refractivity contribution in [1.29, 1.82) is 0 Å². The minimum atomic E-state index is -0.395. The Bertz CT molecular complexity index is 1770. The fourth-order valence-corrected chi connectivity index (χ4v) is 7.22. The van der Waals surface area contributed by atoms with Gasteiger partial charge in [0.1, 0.15) is 0 Å². The van der Waals surface area contributed by atoms with Crippen LogP contribution in [0, 0.1) is 0 Å². The Balaban J connectivity index is 1.37. The van der Waals surface area contributed by atoms with Gasteiger partial charge >= 0.3 is 7.12 Å². The topological polar surface area (TPSA) is 18.5 Å². The molecule has 1 saturated heterocycles. The van der Waals surface area contributed by atoms with Crippen molar-refractivity contribution in [1.82, 2.24) is 0 Å². The molecule has 2 nitrogen and oxygen atoms in total. The summed E-state index contributed by atoms with van der Waals surface area (Å²) < 4.78 is 12.8. The maximum atomic E-state index is 6.42. The summed E-state index contributed by atoms with van der Waals surface area (Å²) in [5, 5.41) is 0. The quantitative estimate of drug-likeness (QED) is 0.216. The van der Waals surface area contributed by atoms with E-state index in [0.717, 1.165) is 5.46 Å². The monoisotopic (exact) mass is 518 g/mol. The van der Waals surface area contributed by atoms with Gasteiger partial charge in [-0.2, -0.15) is 0 Å². The number of fused-ring (bicyclic) bond motifs is 10. The van der Waals surface area contributed by atoms with Gasteiger partial charge in [0, 0.05) is 0 Å². The first-order valence-electron chi connectivity index (χ1n) is 14.2. The molecule has 0 radical (unpaired) electrons. The molecular weight excluding hydrogens is 487 g/mol. The SMILES string of the molecule is CC1(C)OB(c2cccc(-c3cccc4c3-c3ccccc3C43c4ccccc4-c4ccccc43)c2)OC1(C)C. The Morgan fingerprint density at radius 1 is 0.475 bits per heavy atom. The molecule has 0 N–H and O–H groups in total. The van der Waals surface area contributed by atoms with E-state index in [2.05, 4.69) is 143 Å². The second kappa shape index (κ2) is 8.07. The average Bonchev–Trinajstić information content (AvgIpc) is 3.53. The lowest BCUT2D eigenvalue weighted by atomic mass is 9.70. The lowest BCUT2D eigenvalue weighted by Crippen LogP contribution is -2.41. The molecule has 3 heteroatoms. The zero-order chi connectivity index (χ0) is 27.3. The van der Waals surface area contributed by atoms with Crippen LogP contribution in [0.4, 0.5) is 0 Å². The van der Waals surface area contributed by atoms with Gasteiger partial charge in [-0.05, 0) is 88.8 Å². The molecule has 0 amide bonds.